The molecule has 0 aliphatic heterocycles. The maximum Gasteiger partial charge on any atom is 0.305 e. The molecule has 1 amide bonds. The van der Waals surface area contributed by atoms with Gasteiger partial charge < -0.3 is 20.3 Å². The van der Waals surface area contributed by atoms with Gasteiger partial charge in [-0.2, -0.15) is 0 Å². The van der Waals surface area contributed by atoms with E-state index >= 15 is 0 Å². The molecule has 0 spiro atoms. The van der Waals surface area contributed by atoms with E-state index in [2.05, 4.69) is 43.5 Å². The molecular weight excluding hydrogens is 959 g/mol. The fraction of sp³-hybridized carbons (Fsp3) is 0.917. The van der Waals surface area contributed by atoms with Gasteiger partial charge in [-0.1, -0.05) is 353 Å². The quantitative estimate of drug-likeness (QED) is 0.0320. The number of aliphatic hydroxyl groups is 2. The summed E-state index contributed by atoms with van der Waals surface area (Å²) in [6.07, 6.45) is 85.3. The molecule has 0 heterocycles. The van der Waals surface area contributed by atoms with Crippen LogP contribution >= 0.6 is 0 Å². The largest absolute Gasteiger partial charge is 0.466 e. The van der Waals surface area contributed by atoms with Gasteiger partial charge in [0.15, 0.2) is 0 Å². The van der Waals surface area contributed by atoms with Crippen LogP contribution in [0.3, 0.4) is 0 Å². The predicted octanol–water partition coefficient (Wildman–Crippen LogP) is 22.9. The van der Waals surface area contributed by atoms with Crippen molar-refractivity contribution in [2.75, 3.05) is 13.2 Å². The third-order valence-corrected chi connectivity index (χ3v) is 16.8. The van der Waals surface area contributed by atoms with Crippen molar-refractivity contribution in [1.29, 1.82) is 0 Å². The van der Waals surface area contributed by atoms with Crippen molar-refractivity contribution < 1.29 is 24.5 Å². The van der Waals surface area contributed by atoms with Crippen LogP contribution in [0.15, 0.2) is 24.3 Å². The van der Waals surface area contributed by atoms with Crippen LogP contribution in [0.2, 0.25) is 0 Å². The van der Waals surface area contributed by atoms with Gasteiger partial charge >= 0.3 is 5.97 Å². The normalized spacial score (nSPS) is 12.6. The van der Waals surface area contributed by atoms with E-state index in [4.69, 9.17) is 4.74 Å². The van der Waals surface area contributed by atoms with E-state index in [0.717, 1.165) is 44.9 Å². The van der Waals surface area contributed by atoms with Gasteiger partial charge in [-0.3, -0.25) is 9.59 Å². The molecule has 78 heavy (non-hydrogen) atoms. The highest BCUT2D eigenvalue weighted by Gasteiger charge is 2.20. The Morgan fingerprint density at radius 1 is 0.359 bits per heavy atom. The van der Waals surface area contributed by atoms with Crippen LogP contribution < -0.4 is 5.32 Å². The molecule has 0 aliphatic rings. The summed E-state index contributed by atoms with van der Waals surface area (Å²) < 4.78 is 5.49. The number of carbonyl (C=O) groups is 2. The molecule has 6 heteroatoms. The van der Waals surface area contributed by atoms with Gasteiger partial charge in [0.05, 0.1) is 25.4 Å². The lowest BCUT2D eigenvalue weighted by atomic mass is 10.0. The van der Waals surface area contributed by atoms with Crippen LogP contribution in [0.25, 0.3) is 0 Å². The van der Waals surface area contributed by atoms with Crippen molar-refractivity contribution in [3.8, 4) is 0 Å². The van der Waals surface area contributed by atoms with E-state index in [9.17, 15) is 19.8 Å². The lowest BCUT2D eigenvalue weighted by Gasteiger charge is -2.22. The average Bonchev–Trinajstić information content (AvgIpc) is 3.44. The van der Waals surface area contributed by atoms with Crippen molar-refractivity contribution >= 4 is 11.9 Å². The third-order valence-electron chi connectivity index (χ3n) is 16.8. The first kappa shape index (κ1) is 76.3. The van der Waals surface area contributed by atoms with Gasteiger partial charge in [0, 0.05) is 12.8 Å². The number of rotatable bonds is 67. The fourth-order valence-corrected chi connectivity index (χ4v) is 11.3. The highest BCUT2D eigenvalue weighted by molar-refractivity contribution is 5.76. The second kappa shape index (κ2) is 67.8. The lowest BCUT2D eigenvalue weighted by molar-refractivity contribution is -0.143. The molecule has 0 bridgehead atoms. The average molecular weight is 1100 g/mol. The predicted molar refractivity (Wildman–Crippen MR) is 343 cm³/mol. The Bertz CT molecular complexity index is 1220. The summed E-state index contributed by atoms with van der Waals surface area (Å²) in [6, 6.07) is -0.538. The molecule has 0 radical (unpaired) electrons. The second-order valence-electron chi connectivity index (χ2n) is 24.6. The van der Waals surface area contributed by atoms with E-state index in [1.807, 2.05) is 0 Å². The molecule has 3 N–H and O–H groups in total. The first-order chi connectivity index (χ1) is 38.5. The molecule has 2 atom stereocenters. The Morgan fingerprint density at radius 3 is 0.974 bits per heavy atom. The number of amides is 1. The minimum absolute atomic E-state index is 0.0196. The lowest BCUT2D eigenvalue weighted by Crippen LogP contribution is -2.45. The van der Waals surface area contributed by atoms with E-state index < -0.39 is 12.1 Å². The van der Waals surface area contributed by atoms with Crippen LogP contribution in [0.4, 0.5) is 0 Å². The third kappa shape index (κ3) is 63.5. The van der Waals surface area contributed by atoms with Gasteiger partial charge in [-0.05, 0) is 57.8 Å². The smallest absolute Gasteiger partial charge is 0.305 e. The fourth-order valence-electron chi connectivity index (χ4n) is 11.3. The number of nitrogens with one attached hydrogen (secondary N) is 1. The molecule has 0 fully saturated rings. The molecule has 0 aromatic rings. The minimum Gasteiger partial charge on any atom is -0.466 e. The zero-order valence-electron chi connectivity index (χ0n) is 52.9. The highest BCUT2D eigenvalue weighted by atomic mass is 16.5. The van der Waals surface area contributed by atoms with Crippen molar-refractivity contribution in [2.45, 2.75) is 411 Å². The van der Waals surface area contributed by atoms with Gasteiger partial charge in [-0.25, -0.2) is 0 Å². The summed E-state index contributed by atoms with van der Waals surface area (Å²) in [7, 11) is 0. The molecule has 0 saturated carbocycles. The van der Waals surface area contributed by atoms with Crippen LogP contribution in [-0.4, -0.2) is 47.4 Å². The van der Waals surface area contributed by atoms with Crippen LogP contribution in [0, 0.1) is 0 Å². The van der Waals surface area contributed by atoms with Gasteiger partial charge in [0.1, 0.15) is 0 Å². The molecule has 0 aromatic heterocycles. The monoisotopic (exact) mass is 1100 g/mol. The number of unbranched alkanes of at least 4 members (excludes halogenated alkanes) is 52. The molecule has 0 aliphatic carbocycles. The Morgan fingerprint density at radius 2 is 0.641 bits per heavy atom. The Kier molecular flexibility index (Phi) is 66.4. The van der Waals surface area contributed by atoms with Crippen LogP contribution in [-0.2, 0) is 14.3 Å². The summed E-state index contributed by atoms with van der Waals surface area (Å²) in [6.45, 7) is 4.98. The zero-order valence-corrected chi connectivity index (χ0v) is 52.9. The number of hydrogen-bond acceptors (Lipinski definition) is 5. The number of hydrogen-bond donors (Lipinski definition) is 3. The SMILES string of the molecule is CCCCCCCCCCCCCCCCC(=O)OCCCCCCCCCCCCC/C=C\C/C=C\CCCCCCCCCCCCCCCCCCCC(=O)NC(CO)C(O)CCCCCCCCCCCCCC. The number of allylic oxidation sites excluding steroid dienone is 4. The topological polar surface area (TPSA) is 95.9 Å². The summed E-state index contributed by atoms with van der Waals surface area (Å²) in [5.74, 6) is -0.0115. The van der Waals surface area contributed by atoms with Crippen molar-refractivity contribution in [2.24, 2.45) is 0 Å². The Labute approximate surface area is 488 Å². The summed E-state index contributed by atoms with van der Waals surface area (Å²) in [5, 5.41) is 23.3. The maximum absolute atomic E-state index is 12.5. The van der Waals surface area contributed by atoms with Crippen molar-refractivity contribution in [3.05, 3.63) is 24.3 Å². The molecule has 0 saturated heterocycles. The van der Waals surface area contributed by atoms with E-state index in [1.165, 1.54) is 321 Å². The maximum atomic E-state index is 12.5. The number of aliphatic hydroxyl groups excluding tert-OH is 2. The van der Waals surface area contributed by atoms with Crippen molar-refractivity contribution in [3.63, 3.8) is 0 Å². The van der Waals surface area contributed by atoms with Crippen LogP contribution in [0.1, 0.15) is 399 Å². The molecule has 462 valence electrons. The van der Waals surface area contributed by atoms with Gasteiger partial charge in [0.25, 0.3) is 0 Å². The van der Waals surface area contributed by atoms with E-state index in [1.54, 1.807) is 0 Å². The van der Waals surface area contributed by atoms with Gasteiger partial charge in [-0.15, -0.1) is 0 Å². The molecular formula is C72H139NO5. The molecule has 0 rings (SSSR count). The standard InChI is InChI=1S/C72H139NO5/c1-3-5-7-9-11-13-15-17-42-46-50-54-58-62-66-72(77)78-67-63-59-55-51-47-43-40-38-36-34-32-30-28-26-24-22-20-18-19-21-23-25-27-29-31-33-35-37-39-41-45-49-53-57-61-65-71(76)73-69(68-74)70(75)64-60-56-52-48-44-16-14-12-10-8-6-4-2/h20,22,26,28,69-70,74-75H,3-19,21,23-25,27,29-68H2,1-2H3,(H,73,76)/b22-20-,28-26-. The first-order valence-electron chi connectivity index (χ1n) is 35.6. The molecule has 2 unspecified atom stereocenters. The van der Waals surface area contributed by atoms with Crippen molar-refractivity contribution in [1.82, 2.24) is 5.32 Å². The second-order valence-corrected chi connectivity index (χ2v) is 24.6. The number of carbonyl (C=O) groups excluding carboxylic acids is 2. The highest BCUT2D eigenvalue weighted by Crippen LogP contribution is 2.19. The Balaban J connectivity index is 3.34. The zero-order chi connectivity index (χ0) is 56.4. The molecule has 6 nitrogen and oxygen atoms in total. The van der Waals surface area contributed by atoms with E-state index in [0.29, 0.717) is 25.9 Å². The summed E-state index contributed by atoms with van der Waals surface area (Å²) in [5.41, 5.74) is 0. The van der Waals surface area contributed by atoms with Crippen LogP contribution in [0.5, 0.6) is 0 Å². The first-order valence-corrected chi connectivity index (χ1v) is 35.6. The van der Waals surface area contributed by atoms with Gasteiger partial charge in [0.2, 0.25) is 5.91 Å². The minimum atomic E-state index is -0.661. The Hall–Kier alpha value is -1.66. The summed E-state index contributed by atoms with van der Waals surface area (Å²) in [4.78, 5) is 24.5. The van der Waals surface area contributed by atoms with E-state index in [-0.39, 0.29) is 18.5 Å². The molecule has 0 aromatic carbocycles. The number of ether oxygens (including phenoxy) is 1. The number of esters is 1. The summed E-state index contributed by atoms with van der Waals surface area (Å²) >= 11 is 0.